The minimum atomic E-state index is 0.639. The molecule has 3 heterocycles. The topological polar surface area (TPSA) is 63.2 Å². The van der Waals surface area contributed by atoms with E-state index in [-0.39, 0.29) is 0 Å². The van der Waals surface area contributed by atoms with Gasteiger partial charge >= 0.3 is 0 Å². The molecule has 2 aromatic rings. The predicted octanol–water partition coefficient (Wildman–Crippen LogP) is 2.27. The molecule has 1 aliphatic heterocycles. The standard InChI is InChI=1S/C15H21N5OS/c1-2-21-15-19-18-14(22-15)11-20-8-6-12(10-20)9-17-13-5-3-4-7-16-13/h3-5,7,12H,2,6,8-11H2,1H3,(H,16,17)/t12-/m0/s1. The summed E-state index contributed by atoms with van der Waals surface area (Å²) in [6.45, 7) is 6.63. The summed E-state index contributed by atoms with van der Waals surface area (Å²) in [7, 11) is 0. The molecular formula is C15H21N5OS. The lowest BCUT2D eigenvalue weighted by Crippen LogP contribution is -2.22. The summed E-state index contributed by atoms with van der Waals surface area (Å²) < 4.78 is 5.37. The van der Waals surface area contributed by atoms with Gasteiger partial charge in [-0.05, 0) is 37.9 Å². The number of hydrogen-bond donors (Lipinski definition) is 1. The number of ether oxygens (including phenoxy) is 1. The summed E-state index contributed by atoms with van der Waals surface area (Å²) >= 11 is 1.54. The molecule has 1 N–H and O–H groups in total. The highest BCUT2D eigenvalue weighted by molar-refractivity contribution is 7.13. The summed E-state index contributed by atoms with van der Waals surface area (Å²) in [5.74, 6) is 1.60. The number of pyridine rings is 1. The molecular weight excluding hydrogens is 298 g/mol. The van der Waals surface area contributed by atoms with Gasteiger partial charge in [0.1, 0.15) is 10.8 Å². The lowest BCUT2D eigenvalue weighted by atomic mass is 10.1. The first kappa shape index (κ1) is 15.2. The maximum atomic E-state index is 5.37. The second-order valence-electron chi connectivity index (χ2n) is 5.38. The number of rotatable bonds is 7. The van der Waals surface area contributed by atoms with E-state index in [0.717, 1.165) is 37.0 Å². The van der Waals surface area contributed by atoms with Gasteiger partial charge in [-0.25, -0.2) is 4.98 Å². The summed E-state index contributed by atoms with van der Waals surface area (Å²) in [6, 6.07) is 5.94. The molecule has 0 aromatic carbocycles. The molecule has 0 amide bonds. The second kappa shape index (κ2) is 7.51. The van der Waals surface area contributed by atoms with Crippen molar-refractivity contribution in [1.82, 2.24) is 20.1 Å². The van der Waals surface area contributed by atoms with E-state index in [1.165, 1.54) is 6.42 Å². The van der Waals surface area contributed by atoms with E-state index in [1.54, 1.807) is 11.3 Å². The van der Waals surface area contributed by atoms with E-state index < -0.39 is 0 Å². The van der Waals surface area contributed by atoms with Gasteiger partial charge in [0.05, 0.1) is 13.2 Å². The molecule has 0 saturated carbocycles. The summed E-state index contributed by atoms with van der Waals surface area (Å²) in [5, 5.41) is 13.3. The highest BCUT2D eigenvalue weighted by Crippen LogP contribution is 2.23. The van der Waals surface area contributed by atoms with Crippen molar-refractivity contribution < 1.29 is 4.74 Å². The Bertz CT molecular complexity index is 576. The van der Waals surface area contributed by atoms with E-state index in [0.29, 0.717) is 17.7 Å². The van der Waals surface area contributed by atoms with Crippen LogP contribution in [0.4, 0.5) is 5.82 Å². The van der Waals surface area contributed by atoms with E-state index in [1.807, 2.05) is 31.3 Å². The van der Waals surface area contributed by atoms with Crippen LogP contribution in [0.15, 0.2) is 24.4 Å². The van der Waals surface area contributed by atoms with E-state index in [4.69, 9.17) is 4.74 Å². The van der Waals surface area contributed by atoms with Crippen LogP contribution in [0, 0.1) is 5.92 Å². The van der Waals surface area contributed by atoms with Gasteiger partial charge in [0.2, 0.25) is 0 Å². The smallest absolute Gasteiger partial charge is 0.294 e. The number of aromatic nitrogens is 3. The molecule has 2 aromatic heterocycles. The van der Waals surface area contributed by atoms with Gasteiger partial charge in [-0.1, -0.05) is 17.4 Å². The Morgan fingerprint density at radius 2 is 2.36 bits per heavy atom. The van der Waals surface area contributed by atoms with Crippen LogP contribution in [-0.4, -0.2) is 46.3 Å². The molecule has 1 fully saturated rings. The van der Waals surface area contributed by atoms with Gasteiger partial charge in [-0.2, -0.15) is 0 Å². The summed E-state index contributed by atoms with van der Waals surface area (Å²) in [4.78, 5) is 6.72. The van der Waals surface area contributed by atoms with Crippen LogP contribution < -0.4 is 10.1 Å². The molecule has 0 aliphatic carbocycles. The summed E-state index contributed by atoms with van der Waals surface area (Å²) in [6.07, 6.45) is 3.02. The van der Waals surface area contributed by atoms with Crippen LogP contribution in [-0.2, 0) is 6.54 Å². The monoisotopic (exact) mass is 319 g/mol. The molecule has 3 rings (SSSR count). The molecule has 1 aliphatic rings. The van der Waals surface area contributed by atoms with Gasteiger partial charge < -0.3 is 10.1 Å². The van der Waals surface area contributed by atoms with Gasteiger partial charge in [0, 0.05) is 19.3 Å². The molecule has 0 radical (unpaired) electrons. The lowest BCUT2D eigenvalue weighted by molar-refractivity contribution is 0.317. The minimum Gasteiger partial charge on any atom is -0.469 e. The van der Waals surface area contributed by atoms with Crippen LogP contribution in [0.3, 0.4) is 0 Å². The number of nitrogens with one attached hydrogen (secondary N) is 1. The fraction of sp³-hybridized carbons (Fsp3) is 0.533. The van der Waals surface area contributed by atoms with Crippen LogP contribution in [0.1, 0.15) is 18.4 Å². The van der Waals surface area contributed by atoms with E-state index in [9.17, 15) is 0 Å². The molecule has 7 heteroatoms. The maximum absolute atomic E-state index is 5.37. The summed E-state index contributed by atoms with van der Waals surface area (Å²) in [5.41, 5.74) is 0. The fourth-order valence-electron chi connectivity index (χ4n) is 2.61. The largest absolute Gasteiger partial charge is 0.469 e. The zero-order valence-corrected chi connectivity index (χ0v) is 13.6. The average Bonchev–Trinajstić information content (AvgIpc) is 3.17. The number of likely N-dealkylation sites (tertiary alicyclic amines) is 1. The van der Waals surface area contributed by atoms with Gasteiger partial charge in [0.15, 0.2) is 0 Å². The predicted molar refractivity (Wildman–Crippen MR) is 87.2 cm³/mol. The normalized spacial score (nSPS) is 18.5. The number of anilines is 1. The Morgan fingerprint density at radius 1 is 1.41 bits per heavy atom. The molecule has 0 unspecified atom stereocenters. The number of nitrogens with zero attached hydrogens (tertiary/aromatic N) is 4. The van der Waals surface area contributed by atoms with Crippen molar-refractivity contribution in [3.8, 4) is 5.19 Å². The van der Waals surface area contributed by atoms with Crippen molar-refractivity contribution in [3.63, 3.8) is 0 Å². The molecule has 1 atom stereocenters. The average molecular weight is 319 g/mol. The molecule has 1 saturated heterocycles. The molecule has 22 heavy (non-hydrogen) atoms. The zero-order chi connectivity index (χ0) is 15.2. The van der Waals surface area contributed by atoms with Crippen LogP contribution in [0.25, 0.3) is 0 Å². The first-order chi connectivity index (χ1) is 10.8. The zero-order valence-electron chi connectivity index (χ0n) is 12.7. The van der Waals surface area contributed by atoms with Crippen molar-refractivity contribution in [2.45, 2.75) is 19.9 Å². The first-order valence-corrected chi connectivity index (χ1v) is 8.47. The van der Waals surface area contributed by atoms with Crippen LogP contribution >= 0.6 is 11.3 Å². The van der Waals surface area contributed by atoms with E-state index >= 15 is 0 Å². The first-order valence-electron chi connectivity index (χ1n) is 7.66. The Labute approximate surface area is 134 Å². The number of hydrogen-bond acceptors (Lipinski definition) is 7. The minimum absolute atomic E-state index is 0.639. The second-order valence-corrected chi connectivity index (χ2v) is 6.41. The van der Waals surface area contributed by atoms with Crippen molar-refractivity contribution in [2.24, 2.45) is 5.92 Å². The third kappa shape index (κ3) is 4.14. The molecule has 6 nitrogen and oxygen atoms in total. The van der Waals surface area contributed by atoms with Gasteiger partial charge in [-0.15, -0.1) is 10.2 Å². The SMILES string of the molecule is CCOc1nnc(CN2CC[C@@H](CNc3ccccn3)C2)s1. The van der Waals surface area contributed by atoms with Crippen molar-refractivity contribution in [2.75, 3.05) is 31.6 Å². The molecule has 0 bridgehead atoms. The molecule has 0 spiro atoms. The van der Waals surface area contributed by atoms with Crippen molar-refractivity contribution in [1.29, 1.82) is 0 Å². The van der Waals surface area contributed by atoms with Crippen LogP contribution in [0.5, 0.6) is 5.19 Å². The Morgan fingerprint density at radius 3 is 3.18 bits per heavy atom. The van der Waals surface area contributed by atoms with Gasteiger partial charge in [-0.3, -0.25) is 4.90 Å². The van der Waals surface area contributed by atoms with Gasteiger partial charge in [0.25, 0.3) is 5.19 Å². The Hall–Kier alpha value is -1.73. The fourth-order valence-corrected chi connectivity index (χ4v) is 3.40. The van der Waals surface area contributed by atoms with Crippen molar-refractivity contribution >= 4 is 17.2 Å². The highest BCUT2D eigenvalue weighted by atomic mass is 32.1. The highest BCUT2D eigenvalue weighted by Gasteiger charge is 2.23. The third-order valence-corrected chi connectivity index (χ3v) is 4.50. The lowest BCUT2D eigenvalue weighted by Gasteiger charge is -2.14. The molecule has 118 valence electrons. The van der Waals surface area contributed by atoms with Crippen LogP contribution in [0.2, 0.25) is 0 Å². The quantitative estimate of drug-likeness (QED) is 0.844. The maximum Gasteiger partial charge on any atom is 0.294 e. The Balaban J connectivity index is 1.43. The third-order valence-electron chi connectivity index (χ3n) is 3.68. The Kier molecular flexibility index (Phi) is 5.18. The van der Waals surface area contributed by atoms with E-state index in [2.05, 4.69) is 25.4 Å². The van der Waals surface area contributed by atoms with Crippen molar-refractivity contribution in [3.05, 3.63) is 29.4 Å².